The molecule has 1 rings (SSSR count). The van der Waals surface area contributed by atoms with E-state index in [0.717, 1.165) is 12.8 Å². The van der Waals surface area contributed by atoms with Crippen LogP contribution in [0, 0.1) is 23.0 Å². The molecule has 1 heterocycles. The minimum Gasteiger partial charge on any atom is -0.378 e. The first-order valence-electron chi connectivity index (χ1n) is 5.44. The minimum atomic E-state index is -0.474. The van der Waals surface area contributed by atoms with Crippen LogP contribution in [0.5, 0.6) is 0 Å². The average Bonchev–Trinajstić information content (AvgIpc) is 2.42. The van der Waals surface area contributed by atoms with Gasteiger partial charge in [0.15, 0.2) is 0 Å². The van der Waals surface area contributed by atoms with Crippen LogP contribution in [0.3, 0.4) is 0 Å². The van der Waals surface area contributed by atoms with Gasteiger partial charge in [-0.1, -0.05) is 20.3 Å². The third-order valence-corrected chi connectivity index (χ3v) is 2.58. The second kappa shape index (κ2) is 4.96. The van der Waals surface area contributed by atoms with Gasteiger partial charge in [-0.05, 0) is 19.3 Å². The highest BCUT2D eigenvalue weighted by atomic mass is 16.6. The van der Waals surface area contributed by atoms with Crippen molar-refractivity contribution < 1.29 is 4.92 Å². The van der Waals surface area contributed by atoms with E-state index in [4.69, 9.17) is 5.73 Å². The predicted molar refractivity (Wildman–Crippen MR) is 62.1 cm³/mol. The second-order valence-corrected chi connectivity index (χ2v) is 4.15. The van der Waals surface area contributed by atoms with Crippen molar-refractivity contribution in [3.05, 3.63) is 15.8 Å². The molecule has 0 saturated heterocycles. The molecule has 0 fully saturated rings. The monoisotopic (exact) mass is 226 g/mol. The van der Waals surface area contributed by atoms with Crippen LogP contribution in [-0.4, -0.2) is 14.7 Å². The lowest BCUT2D eigenvalue weighted by molar-refractivity contribution is -0.384. The number of aryl methyl sites for hydroxylation is 1. The van der Waals surface area contributed by atoms with Crippen molar-refractivity contribution in [3.8, 4) is 0 Å². The topological polar surface area (TPSA) is 87.0 Å². The van der Waals surface area contributed by atoms with Crippen molar-refractivity contribution in [2.24, 2.45) is 5.92 Å². The van der Waals surface area contributed by atoms with Crippen molar-refractivity contribution >= 4 is 11.5 Å². The van der Waals surface area contributed by atoms with Crippen LogP contribution in [-0.2, 0) is 6.54 Å². The van der Waals surface area contributed by atoms with Crippen molar-refractivity contribution in [1.29, 1.82) is 0 Å². The van der Waals surface area contributed by atoms with Crippen LogP contribution >= 0.6 is 0 Å². The quantitative estimate of drug-likeness (QED) is 0.615. The molecule has 0 aromatic carbocycles. The van der Waals surface area contributed by atoms with E-state index in [2.05, 4.69) is 18.9 Å². The Morgan fingerprint density at radius 3 is 2.69 bits per heavy atom. The Morgan fingerprint density at radius 2 is 2.25 bits per heavy atom. The van der Waals surface area contributed by atoms with Crippen molar-refractivity contribution in [3.63, 3.8) is 0 Å². The average molecular weight is 226 g/mol. The van der Waals surface area contributed by atoms with E-state index in [-0.39, 0.29) is 11.5 Å². The highest BCUT2D eigenvalue weighted by Crippen LogP contribution is 2.26. The fourth-order valence-electron chi connectivity index (χ4n) is 1.83. The van der Waals surface area contributed by atoms with E-state index in [1.54, 1.807) is 6.92 Å². The van der Waals surface area contributed by atoms with Gasteiger partial charge in [-0.2, -0.15) is 5.10 Å². The lowest BCUT2D eigenvalue weighted by Gasteiger charge is -2.10. The lowest BCUT2D eigenvalue weighted by Crippen LogP contribution is -2.11. The summed E-state index contributed by atoms with van der Waals surface area (Å²) in [6.07, 6.45) is 2.15. The number of nitrogens with zero attached hydrogens (tertiary/aromatic N) is 3. The fraction of sp³-hybridized carbons (Fsp3) is 0.700. The molecule has 1 aromatic heterocycles. The van der Waals surface area contributed by atoms with Crippen LogP contribution in [0.2, 0.25) is 0 Å². The van der Waals surface area contributed by atoms with Gasteiger partial charge in [0, 0.05) is 6.54 Å². The van der Waals surface area contributed by atoms with Gasteiger partial charge in [0.25, 0.3) is 0 Å². The van der Waals surface area contributed by atoms with Gasteiger partial charge in [-0.3, -0.25) is 10.1 Å². The molecule has 0 bridgehead atoms. The summed E-state index contributed by atoms with van der Waals surface area (Å²) < 4.78 is 1.54. The fourth-order valence-corrected chi connectivity index (χ4v) is 1.83. The molecule has 6 nitrogen and oxygen atoms in total. The molecule has 0 saturated carbocycles. The molecule has 90 valence electrons. The van der Waals surface area contributed by atoms with Crippen molar-refractivity contribution in [2.45, 2.75) is 40.2 Å². The van der Waals surface area contributed by atoms with Gasteiger partial charge < -0.3 is 5.73 Å². The SMILES string of the molecule is CCCC(C)Cn1nc(C)c([N+](=O)[O-])c1N. The Bertz CT molecular complexity index is 386. The Balaban J connectivity index is 2.90. The zero-order chi connectivity index (χ0) is 12.3. The molecule has 2 N–H and O–H groups in total. The van der Waals surface area contributed by atoms with E-state index in [0.29, 0.717) is 18.2 Å². The van der Waals surface area contributed by atoms with Gasteiger partial charge in [-0.15, -0.1) is 0 Å². The van der Waals surface area contributed by atoms with Crippen LogP contribution in [0.25, 0.3) is 0 Å². The zero-order valence-corrected chi connectivity index (χ0v) is 9.93. The molecule has 1 aromatic rings. The molecule has 6 heteroatoms. The van der Waals surface area contributed by atoms with Gasteiger partial charge in [0.05, 0.1) is 4.92 Å². The molecule has 1 unspecified atom stereocenters. The van der Waals surface area contributed by atoms with E-state index in [1.807, 2.05) is 0 Å². The summed E-state index contributed by atoms with van der Waals surface area (Å²) in [5.74, 6) is 0.580. The summed E-state index contributed by atoms with van der Waals surface area (Å²) in [7, 11) is 0. The molecule has 0 amide bonds. The van der Waals surface area contributed by atoms with E-state index < -0.39 is 4.92 Å². The molecule has 0 aliphatic rings. The molecule has 0 aliphatic carbocycles. The van der Waals surface area contributed by atoms with E-state index in [9.17, 15) is 10.1 Å². The first-order valence-corrected chi connectivity index (χ1v) is 5.44. The number of rotatable bonds is 5. The van der Waals surface area contributed by atoms with Crippen LogP contribution in [0.4, 0.5) is 11.5 Å². The van der Waals surface area contributed by atoms with Gasteiger partial charge in [0.1, 0.15) is 5.69 Å². The number of hydrogen-bond acceptors (Lipinski definition) is 4. The maximum absolute atomic E-state index is 10.7. The van der Waals surface area contributed by atoms with Crippen LogP contribution in [0.1, 0.15) is 32.4 Å². The number of aromatic nitrogens is 2. The lowest BCUT2D eigenvalue weighted by atomic mass is 10.1. The Hall–Kier alpha value is -1.59. The maximum atomic E-state index is 10.7. The van der Waals surface area contributed by atoms with Gasteiger partial charge in [-0.25, -0.2) is 4.68 Å². The van der Waals surface area contributed by atoms with Gasteiger partial charge >= 0.3 is 5.69 Å². The molecule has 0 radical (unpaired) electrons. The Kier molecular flexibility index (Phi) is 3.87. The standard InChI is InChI=1S/C10H18N4O2/c1-4-5-7(2)6-13-10(11)9(14(15)16)8(3)12-13/h7H,4-6,11H2,1-3H3. The van der Waals surface area contributed by atoms with Crippen molar-refractivity contribution in [1.82, 2.24) is 9.78 Å². The summed E-state index contributed by atoms with van der Waals surface area (Å²) in [6, 6.07) is 0. The summed E-state index contributed by atoms with van der Waals surface area (Å²) in [6.45, 7) is 6.44. The normalized spacial score (nSPS) is 12.7. The van der Waals surface area contributed by atoms with E-state index >= 15 is 0 Å². The number of anilines is 1. The highest BCUT2D eigenvalue weighted by molar-refractivity contribution is 5.55. The van der Waals surface area contributed by atoms with Crippen molar-refractivity contribution in [2.75, 3.05) is 5.73 Å². The molecule has 16 heavy (non-hydrogen) atoms. The zero-order valence-electron chi connectivity index (χ0n) is 9.93. The maximum Gasteiger partial charge on any atom is 0.333 e. The largest absolute Gasteiger partial charge is 0.378 e. The minimum absolute atomic E-state index is 0.0660. The summed E-state index contributed by atoms with van der Waals surface area (Å²) >= 11 is 0. The smallest absolute Gasteiger partial charge is 0.333 e. The Labute approximate surface area is 94.6 Å². The number of hydrogen-bond donors (Lipinski definition) is 1. The highest BCUT2D eigenvalue weighted by Gasteiger charge is 2.23. The van der Waals surface area contributed by atoms with Crippen LogP contribution in [0.15, 0.2) is 0 Å². The molecular weight excluding hydrogens is 208 g/mol. The molecular formula is C10H18N4O2. The molecule has 1 atom stereocenters. The Morgan fingerprint density at radius 1 is 1.62 bits per heavy atom. The number of nitrogens with two attached hydrogens (primary N) is 1. The van der Waals surface area contributed by atoms with Gasteiger partial charge in [0.2, 0.25) is 5.82 Å². The first-order chi connectivity index (χ1) is 7.47. The summed E-state index contributed by atoms with van der Waals surface area (Å²) in [5, 5.41) is 14.8. The number of nitro groups is 1. The predicted octanol–water partition coefficient (Wildman–Crippen LogP) is 2.12. The third-order valence-electron chi connectivity index (χ3n) is 2.58. The van der Waals surface area contributed by atoms with E-state index in [1.165, 1.54) is 4.68 Å². The first kappa shape index (κ1) is 12.5. The second-order valence-electron chi connectivity index (χ2n) is 4.15. The molecule has 0 aliphatic heterocycles. The summed E-state index contributed by atoms with van der Waals surface area (Å²) in [5.41, 5.74) is 6.02. The number of nitrogen functional groups attached to an aromatic ring is 1. The molecule has 0 spiro atoms. The third kappa shape index (κ3) is 2.50. The summed E-state index contributed by atoms with van der Waals surface area (Å²) in [4.78, 5) is 10.3. The van der Waals surface area contributed by atoms with Crippen LogP contribution < -0.4 is 5.73 Å².